The van der Waals surface area contributed by atoms with Crippen molar-refractivity contribution in [3.05, 3.63) is 98.2 Å². The predicted octanol–water partition coefficient (Wildman–Crippen LogP) is 2.81. The number of rotatable bonds is 4. The monoisotopic (exact) mass is 392 g/mol. The molecule has 0 spiro atoms. The fourth-order valence-electron chi connectivity index (χ4n) is 3.73. The molecule has 2 aromatic rings. The molecule has 0 saturated carbocycles. The fourth-order valence-corrected chi connectivity index (χ4v) is 3.73. The number of carbonyl (C=O) groups is 2. The normalized spacial score (nSPS) is 18.1. The van der Waals surface area contributed by atoms with Crippen LogP contribution >= 0.6 is 0 Å². The van der Waals surface area contributed by atoms with Crippen molar-refractivity contribution in [3.8, 4) is 5.75 Å². The van der Waals surface area contributed by atoms with Gasteiger partial charge in [0.15, 0.2) is 11.5 Å². The molecule has 1 N–H and O–H groups in total. The largest absolute Gasteiger partial charge is 0.496 e. The van der Waals surface area contributed by atoms with Crippen LogP contribution in [0.4, 0.5) is 0 Å². The van der Waals surface area contributed by atoms with Gasteiger partial charge in [-0.1, -0.05) is 42.5 Å². The predicted molar refractivity (Wildman–Crippen MR) is 102 cm³/mol. The summed E-state index contributed by atoms with van der Waals surface area (Å²) >= 11 is 0. The number of ether oxygens (including phenoxy) is 2. The lowest BCUT2D eigenvalue weighted by molar-refractivity contribution is -0.433. The Bertz CT molecular complexity index is 1130. The van der Waals surface area contributed by atoms with E-state index in [1.807, 2.05) is 0 Å². The third-order valence-electron chi connectivity index (χ3n) is 4.98. The van der Waals surface area contributed by atoms with E-state index in [-0.39, 0.29) is 34.0 Å². The van der Waals surface area contributed by atoms with Gasteiger partial charge in [-0.2, -0.15) is 0 Å². The number of nitro groups is 1. The number of para-hydroxylation sites is 1. The average molecular weight is 392 g/mol. The Labute approximate surface area is 165 Å². The smallest absolute Gasteiger partial charge is 0.317 e. The van der Waals surface area contributed by atoms with Crippen molar-refractivity contribution in [1.82, 2.24) is 5.32 Å². The van der Waals surface area contributed by atoms with Gasteiger partial charge in [0.2, 0.25) is 5.78 Å². The third kappa shape index (κ3) is 2.68. The number of hydrogen-bond acceptors (Lipinski definition) is 7. The van der Waals surface area contributed by atoms with Gasteiger partial charge in [-0.15, -0.1) is 0 Å². The minimum atomic E-state index is -1.14. The molecule has 146 valence electrons. The van der Waals surface area contributed by atoms with E-state index in [0.717, 1.165) is 0 Å². The summed E-state index contributed by atoms with van der Waals surface area (Å²) < 4.78 is 11.0. The Morgan fingerprint density at radius 1 is 1.03 bits per heavy atom. The summed E-state index contributed by atoms with van der Waals surface area (Å²) in [6.45, 7) is 0. The van der Waals surface area contributed by atoms with E-state index >= 15 is 0 Å². The van der Waals surface area contributed by atoms with Crippen LogP contribution in [-0.4, -0.2) is 30.6 Å². The molecule has 29 heavy (non-hydrogen) atoms. The van der Waals surface area contributed by atoms with Crippen molar-refractivity contribution >= 4 is 11.6 Å². The first-order valence-electron chi connectivity index (χ1n) is 8.79. The highest BCUT2D eigenvalue weighted by Gasteiger charge is 2.49. The summed E-state index contributed by atoms with van der Waals surface area (Å²) in [7, 11) is 2.89. The molecule has 1 heterocycles. The molecule has 1 unspecified atom stereocenters. The van der Waals surface area contributed by atoms with Crippen LogP contribution in [0.2, 0.25) is 0 Å². The van der Waals surface area contributed by atoms with Gasteiger partial charge in [0, 0.05) is 23.7 Å². The highest BCUT2D eigenvalue weighted by Crippen LogP contribution is 2.46. The lowest BCUT2D eigenvalue weighted by atomic mass is 9.77. The minimum Gasteiger partial charge on any atom is -0.496 e. The number of benzene rings is 2. The molecule has 0 bridgehead atoms. The molecule has 0 amide bonds. The highest BCUT2D eigenvalue weighted by atomic mass is 16.6. The molecule has 0 aromatic heterocycles. The minimum absolute atomic E-state index is 0.0658. The maximum absolute atomic E-state index is 13.3. The summed E-state index contributed by atoms with van der Waals surface area (Å²) in [6.07, 6.45) is 0. The number of allylic oxidation sites excluding steroid dienone is 2. The molecule has 2 aromatic carbocycles. The molecule has 0 saturated heterocycles. The SMILES string of the molecule is CNC1=C([N+](=O)[O-])C(c2ccccc2OC)C2=C(O1)C(=O)c1ccccc1C2=O. The Kier molecular flexibility index (Phi) is 4.38. The summed E-state index contributed by atoms with van der Waals surface area (Å²) in [5, 5.41) is 14.6. The summed E-state index contributed by atoms with van der Waals surface area (Å²) in [4.78, 5) is 37.8. The first-order valence-corrected chi connectivity index (χ1v) is 8.79. The molecule has 1 aliphatic carbocycles. The van der Waals surface area contributed by atoms with E-state index in [4.69, 9.17) is 9.47 Å². The van der Waals surface area contributed by atoms with Crippen LogP contribution in [0.15, 0.2) is 71.4 Å². The van der Waals surface area contributed by atoms with Crippen molar-refractivity contribution in [2.75, 3.05) is 14.2 Å². The number of ketones is 2. The van der Waals surface area contributed by atoms with E-state index < -0.39 is 22.4 Å². The Morgan fingerprint density at radius 3 is 2.28 bits per heavy atom. The zero-order valence-electron chi connectivity index (χ0n) is 15.6. The molecular formula is C21H16N2O6. The third-order valence-corrected chi connectivity index (χ3v) is 4.98. The van der Waals surface area contributed by atoms with Crippen LogP contribution in [0.25, 0.3) is 0 Å². The van der Waals surface area contributed by atoms with Gasteiger partial charge in [0.1, 0.15) is 11.7 Å². The maximum atomic E-state index is 13.3. The zero-order chi connectivity index (χ0) is 20.7. The quantitative estimate of drug-likeness (QED) is 0.630. The second-order valence-corrected chi connectivity index (χ2v) is 6.45. The van der Waals surface area contributed by atoms with Crippen molar-refractivity contribution < 1.29 is 24.0 Å². The van der Waals surface area contributed by atoms with Gasteiger partial charge in [-0.3, -0.25) is 19.7 Å². The second-order valence-electron chi connectivity index (χ2n) is 6.45. The highest BCUT2D eigenvalue weighted by molar-refractivity contribution is 6.27. The summed E-state index contributed by atoms with van der Waals surface area (Å²) in [5.74, 6) is -2.16. The van der Waals surface area contributed by atoms with Crippen LogP contribution in [0.1, 0.15) is 32.2 Å². The lowest BCUT2D eigenvalue weighted by Gasteiger charge is -2.30. The van der Waals surface area contributed by atoms with E-state index in [1.54, 1.807) is 36.4 Å². The molecule has 8 heteroatoms. The first-order chi connectivity index (χ1) is 14.0. The number of nitrogens with one attached hydrogen (secondary N) is 1. The molecule has 8 nitrogen and oxygen atoms in total. The summed E-state index contributed by atoms with van der Waals surface area (Å²) in [6, 6.07) is 13.0. The maximum Gasteiger partial charge on any atom is 0.317 e. The number of methoxy groups -OCH3 is 1. The Morgan fingerprint density at radius 2 is 1.66 bits per heavy atom. The van der Waals surface area contributed by atoms with Crippen LogP contribution in [0.5, 0.6) is 5.75 Å². The average Bonchev–Trinajstić information content (AvgIpc) is 2.75. The van der Waals surface area contributed by atoms with Crippen LogP contribution < -0.4 is 10.1 Å². The number of carbonyl (C=O) groups excluding carboxylic acids is 2. The van der Waals surface area contributed by atoms with E-state index in [9.17, 15) is 19.7 Å². The van der Waals surface area contributed by atoms with E-state index in [0.29, 0.717) is 11.3 Å². The number of Topliss-reactive ketones (excluding diaryl/α,β-unsaturated/α-hetero) is 2. The Hall–Kier alpha value is -3.94. The number of fused-ring (bicyclic) bond motifs is 1. The van der Waals surface area contributed by atoms with Gasteiger partial charge in [0.25, 0.3) is 5.88 Å². The number of nitrogens with zero attached hydrogens (tertiary/aromatic N) is 1. The number of hydrogen-bond donors (Lipinski definition) is 1. The standard InChI is InChI=1S/C21H16N2O6/c1-22-21-17(23(26)27)15(13-9-5-6-10-14(13)28-2)16-18(24)11-7-3-4-8-12(11)19(25)20(16)29-21/h3-10,15,22H,1-2H3. The van der Waals surface area contributed by atoms with Crippen molar-refractivity contribution in [2.24, 2.45) is 0 Å². The fraction of sp³-hybridized carbons (Fsp3) is 0.143. The van der Waals surface area contributed by atoms with Crippen LogP contribution in [0.3, 0.4) is 0 Å². The first kappa shape index (κ1) is 18.4. The van der Waals surface area contributed by atoms with Gasteiger partial charge < -0.3 is 14.8 Å². The second kappa shape index (κ2) is 6.90. The Balaban J connectivity index is 2.04. The molecule has 2 aliphatic rings. The molecule has 0 radical (unpaired) electrons. The van der Waals surface area contributed by atoms with Gasteiger partial charge in [-0.05, 0) is 6.07 Å². The van der Waals surface area contributed by atoms with Gasteiger partial charge in [0.05, 0.1) is 17.6 Å². The lowest BCUT2D eigenvalue weighted by Crippen LogP contribution is -2.35. The molecule has 1 atom stereocenters. The molecule has 4 rings (SSSR count). The van der Waals surface area contributed by atoms with E-state index in [2.05, 4.69) is 5.32 Å². The van der Waals surface area contributed by atoms with Crippen LogP contribution in [0, 0.1) is 10.1 Å². The zero-order valence-corrected chi connectivity index (χ0v) is 15.6. The molecule has 1 aliphatic heterocycles. The van der Waals surface area contributed by atoms with E-state index in [1.165, 1.54) is 26.3 Å². The van der Waals surface area contributed by atoms with Crippen molar-refractivity contribution in [1.29, 1.82) is 0 Å². The van der Waals surface area contributed by atoms with Crippen molar-refractivity contribution in [3.63, 3.8) is 0 Å². The van der Waals surface area contributed by atoms with Gasteiger partial charge in [-0.25, -0.2) is 0 Å². The van der Waals surface area contributed by atoms with Crippen molar-refractivity contribution in [2.45, 2.75) is 5.92 Å². The molecular weight excluding hydrogens is 376 g/mol. The van der Waals surface area contributed by atoms with Gasteiger partial charge >= 0.3 is 5.70 Å². The summed E-state index contributed by atoms with van der Waals surface area (Å²) in [5.41, 5.74) is 0.358. The topological polar surface area (TPSA) is 108 Å². The molecule has 0 fully saturated rings. The van der Waals surface area contributed by atoms with Crippen LogP contribution in [-0.2, 0) is 4.74 Å².